The number of ether oxygens (including phenoxy) is 1. The molecule has 0 aliphatic carbocycles. The Hall–Kier alpha value is -0.530. The smallest absolute Gasteiger partial charge is 0.242 e. The topological polar surface area (TPSA) is 67.4 Å². The van der Waals surface area contributed by atoms with E-state index in [0.717, 1.165) is 19.4 Å². The predicted octanol–water partition coefficient (Wildman–Crippen LogP) is 2.03. The Labute approximate surface area is 128 Å². The molecule has 0 spiro atoms. The first-order chi connectivity index (χ1) is 9.44. The van der Waals surface area contributed by atoms with Crippen LogP contribution in [0.25, 0.3) is 0 Å². The van der Waals surface area contributed by atoms with Crippen molar-refractivity contribution in [2.24, 2.45) is 0 Å². The molecule has 1 aromatic rings. The van der Waals surface area contributed by atoms with Crippen molar-refractivity contribution in [2.45, 2.75) is 23.8 Å². The molecule has 0 radical (unpaired) electrons. The van der Waals surface area contributed by atoms with Crippen LogP contribution in [0.5, 0.6) is 5.75 Å². The molecule has 1 saturated heterocycles. The zero-order valence-electron chi connectivity index (χ0n) is 10.9. The number of halogens is 2. The third-order valence-electron chi connectivity index (χ3n) is 3.11. The molecule has 20 heavy (non-hydrogen) atoms. The van der Waals surface area contributed by atoms with Crippen molar-refractivity contribution < 1.29 is 13.2 Å². The second kappa shape index (κ2) is 6.49. The van der Waals surface area contributed by atoms with E-state index in [2.05, 4.69) is 10.0 Å². The zero-order valence-corrected chi connectivity index (χ0v) is 13.3. The fraction of sp³-hybridized carbons (Fsp3) is 0.500. The normalized spacial score (nSPS) is 19.9. The number of benzene rings is 1. The van der Waals surface area contributed by atoms with Gasteiger partial charge in [-0.25, -0.2) is 13.1 Å². The average Bonchev–Trinajstić information content (AvgIpc) is 2.41. The van der Waals surface area contributed by atoms with Gasteiger partial charge in [-0.2, -0.15) is 0 Å². The Morgan fingerprint density at radius 2 is 2.10 bits per heavy atom. The minimum absolute atomic E-state index is 0.0319. The first kappa shape index (κ1) is 15.9. The highest BCUT2D eigenvalue weighted by molar-refractivity contribution is 7.89. The van der Waals surface area contributed by atoms with Crippen LogP contribution in [0.2, 0.25) is 10.0 Å². The van der Waals surface area contributed by atoms with Crippen LogP contribution < -0.4 is 14.8 Å². The summed E-state index contributed by atoms with van der Waals surface area (Å²) in [5.41, 5.74) is 0. The molecule has 8 heteroatoms. The van der Waals surface area contributed by atoms with Gasteiger partial charge in [0.1, 0.15) is 10.6 Å². The summed E-state index contributed by atoms with van der Waals surface area (Å²) in [6.45, 7) is 1.52. The Kier molecular flexibility index (Phi) is 5.14. The van der Waals surface area contributed by atoms with Crippen LogP contribution in [0.4, 0.5) is 0 Å². The molecule has 0 bridgehead atoms. The fourth-order valence-electron chi connectivity index (χ4n) is 2.11. The average molecular weight is 339 g/mol. The Balaban J connectivity index is 2.26. The molecule has 0 saturated carbocycles. The van der Waals surface area contributed by atoms with Crippen molar-refractivity contribution in [1.82, 2.24) is 10.0 Å². The monoisotopic (exact) mass is 338 g/mol. The summed E-state index contributed by atoms with van der Waals surface area (Å²) in [5.74, 6) is 0.343. The number of sulfonamides is 1. The van der Waals surface area contributed by atoms with Gasteiger partial charge in [0.05, 0.1) is 17.2 Å². The van der Waals surface area contributed by atoms with E-state index in [1.54, 1.807) is 0 Å². The molecule has 0 amide bonds. The van der Waals surface area contributed by atoms with Crippen LogP contribution >= 0.6 is 23.2 Å². The molecule has 2 rings (SSSR count). The molecule has 1 fully saturated rings. The van der Waals surface area contributed by atoms with Crippen molar-refractivity contribution in [3.8, 4) is 5.75 Å². The highest BCUT2D eigenvalue weighted by Crippen LogP contribution is 2.33. The van der Waals surface area contributed by atoms with Gasteiger partial charge in [0, 0.05) is 18.7 Å². The maximum absolute atomic E-state index is 12.4. The molecule has 0 aromatic heterocycles. The van der Waals surface area contributed by atoms with Crippen LogP contribution in [-0.2, 0) is 10.0 Å². The number of methoxy groups -OCH3 is 1. The van der Waals surface area contributed by atoms with Crippen LogP contribution in [-0.4, -0.2) is 34.7 Å². The van der Waals surface area contributed by atoms with E-state index >= 15 is 0 Å². The van der Waals surface area contributed by atoms with E-state index in [1.807, 2.05) is 0 Å². The van der Waals surface area contributed by atoms with Gasteiger partial charge in [-0.15, -0.1) is 0 Å². The molecule has 5 nitrogen and oxygen atoms in total. The molecule has 1 aliphatic rings. The van der Waals surface area contributed by atoms with Crippen LogP contribution in [0.15, 0.2) is 17.0 Å². The van der Waals surface area contributed by atoms with Gasteiger partial charge in [-0.3, -0.25) is 0 Å². The largest absolute Gasteiger partial charge is 0.495 e. The lowest BCUT2D eigenvalue weighted by Gasteiger charge is -2.24. The molecule has 2 N–H and O–H groups in total. The van der Waals surface area contributed by atoms with E-state index in [4.69, 9.17) is 27.9 Å². The molecule has 1 heterocycles. The van der Waals surface area contributed by atoms with E-state index in [0.29, 0.717) is 12.3 Å². The molecule has 1 atom stereocenters. The van der Waals surface area contributed by atoms with E-state index < -0.39 is 10.0 Å². The lowest BCUT2D eigenvalue weighted by atomic mass is 10.1. The summed E-state index contributed by atoms with van der Waals surface area (Å²) < 4.78 is 32.3. The third kappa shape index (κ3) is 3.56. The Bertz CT molecular complexity index is 587. The second-order valence-electron chi connectivity index (χ2n) is 4.58. The van der Waals surface area contributed by atoms with Gasteiger partial charge in [0.15, 0.2) is 0 Å². The highest BCUT2D eigenvalue weighted by atomic mass is 35.5. The van der Waals surface area contributed by atoms with Crippen molar-refractivity contribution in [3.05, 3.63) is 22.2 Å². The van der Waals surface area contributed by atoms with Crippen molar-refractivity contribution in [2.75, 3.05) is 20.2 Å². The van der Waals surface area contributed by atoms with Crippen LogP contribution in [0.1, 0.15) is 12.8 Å². The minimum atomic E-state index is -3.70. The predicted molar refractivity (Wildman–Crippen MR) is 79.2 cm³/mol. The first-order valence-electron chi connectivity index (χ1n) is 6.20. The van der Waals surface area contributed by atoms with Crippen molar-refractivity contribution in [1.29, 1.82) is 0 Å². The van der Waals surface area contributed by atoms with Gasteiger partial charge >= 0.3 is 0 Å². The number of hydrogen-bond donors (Lipinski definition) is 2. The Morgan fingerprint density at radius 1 is 1.35 bits per heavy atom. The number of rotatable bonds is 4. The lowest BCUT2D eigenvalue weighted by molar-refractivity contribution is 0.414. The van der Waals surface area contributed by atoms with Crippen molar-refractivity contribution >= 4 is 33.2 Å². The summed E-state index contributed by atoms with van der Waals surface area (Å²) in [6, 6.07) is 2.57. The molecule has 0 unspecified atom stereocenters. The quantitative estimate of drug-likeness (QED) is 0.881. The highest BCUT2D eigenvalue weighted by Gasteiger charge is 2.25. The maximum Gasteiger partial charge on any atom is 0.242 e. The first-order valence-corrected chi connectivity index (χ1v) is 8.44. The summed E-state index contributed by atoms with van der Waals surface area (Å²) in [7, 11) is -2.26. The van der Waals surface area contributed by atoms with Crippen molar-refractivity contribution in [3.63, 3.8) is 0 Å². The van der Waals surface area contributed by atoms with Gasteiger partial charge in [-0.05, 0) is 25.5 Å². The zero-order chi connectivity index (χ0) is 14.8. The Morgan fingerprint density at radius 3 is 2.70 bits per heavy atom. The van der Waals surface area contributed by atoms with Gasteiger partial charge in [0.2, 0.25) is 10.0 Å². The summed E-state index contributed by atoms with van der Waals surface area (Å²) in [4.78, 5) is -0.0319. The van der Waals surface area contributed by atoms with Gasteiger partial charge in [0.25, 0.3) is 0 Å². The second-order valence-corrected chi connectivity index (χ2v) is 7.08. The van der Waals surface area contributed by atoms with Crippen LogP contribution in [0.3, 0.4) is 0 Å². The van der Waals surface area contributed by atoms with Gasteiger partial charge < -0.3 is 10.1 Å². The fourth-order valence-corrected chi connectivity index (χ4v) is 4.23. The van der Waals surface area contributed by atoms with E-state index in [1.165, 1.54) is 19.2 Å². The third-order valence-corrected chi connectivity index (χ3v) is 5.40. The number of nitrogens with one attached hydrogen (secondary N) is 2. The summed E-state index contributed by atoms with van der Waals surface area (Å²) in [5, 5.41) is 3.44. The maximum atomic E-state index is 12.4. The standard InChI is InChI=1S/C12H16Cl2N2O3S/c1-19-11-5-10(14)12(6-9(11)13)20(17,18)16-8-3-2-4-15-7-8/h5-6,8,15-16H,2-4,7H2,1H3/t8-/m0/s1. The molecule has 1 aromatic carbocycles. The lowest BCUT2D eigenvalue weighted by Crippen LogP contribution is -2.45. The van der Waals surface area contributed by atoms with E-state index in [9.17, 15) is 8.42 Å². The SMILES string of the molecule is COc1cc(Cl)c(S(=O)(=O)N[C@H]2CCCNC2)cc1Cl. The minimum Gasteiger partial charge on any atom is -0.495 e. The van der Waals surface area contributed by atoms with Crippen LogP contribution in [0, 0.1) is 0 Å². The molecular formula is C12H16Cl2N2O3S. The number of hydrogen-bond acceptors (Lipinski definition) is 4. The van der Waals surface area contributed by atoms with E-state index in [-0.39, 0.29) is 21.0 Å². The summed E-state index contributed by atoms with van der Waals surface area (Å²) in [6.07, 6.45) is 1.73. The molecular weight excluding hydrogens is 323 g/mol. The van der Waals surface area contributed by atoms with Gasteiger partial charge in [-0.1, -0.05) is 23.2 Å². The summed E-state index contributed by atoms with van der Waals surface area (Å²) >= 11 is 12.0. The molecule has 112 valence electrons. The molecule has 1 aliphatic heterocycles. The number of piperidine rings is 1.